The Kier molecular flexibility index (Phi) is 6.80. The predicted molar refractivity (Wildman–Crippen MR) is 200 cm³/mol. The van der Waals surface area contributed by atoms with Gasteiger partial charge in [-0.1, -0.05) is 133 Å². The Morgan fingerprint density at radius 1 is 0.312 bits per heavy atom. The van der Waals surface area contributed by atoms with Crippen molar-refractivity contribution in [3.05, 3.63) is 176 Å². The molecule has 2 heterocycles. The molecule has 0 saturated heterocycles. The number of fused-ring (bicyclic) bond motifs is 4. The fraction of sp³-hybridized carbons (Fsp3) is 0. The number of pyridine rings is 1. The summed E-state index contributed by atoms with van der Waals surface area (Å²) in [7, 11) is 0. The monoisotopic (exact) mass is 611 g/mol. The van der Waals surface area contributed by atoms with Crippen molar-refractivity contribution in [2.24, 2.45) is 0 Å². The van der Waals surface area contributed by atoms with Crippen LogP contribution in [0.15, 0.2) is 176 Å². The van der Waals surface area contributed by atoms with Crippen LogP contribution >= 0.6 is 0 Å². The van der Waals surface area contributed by atoms with Crippen molar-refractivity contribution in [3.63, 3.8) is 0 Å². The third kappa shape index (κ3) is 4.99. The molecular formula is C45H29N3. The smallest absolute Gasteiger partial charge is 0.160 e. The Morgan fingerprint density at radius 2 is 0.958 bits per heavy atom. The number of hydrogen-bond donors (Lipinski definition) is 0. The Labute approximate surface area is 278 Å². The van der Waals surface area contributed by atoms with Gasteiger partial charge in [0.15, 0.2) is 5.82 Å². The lowest BCUT2D eigenvalue weighted by molar-refractivity contribution is 1.18. The van der Waals surface area contributed by atoms with E-state index >= 15 is 0 Å². The van der Waals surface area contributed by atoms with Crippen molar-refractivity contribution < 1.29 is 0 Å². The maximum atomic E-state index is 5.10. The Balaban J connectivity index is 1.19. The highest BCUT2D eigenvalue weighted by atomic mass is 14.9. The largest absolute Gasteiger partial charge is 0.265 e. The van der Waals surface area contributed by atoms with Crippen LogP contribution in [0, 0.1) is 0 Å². The molecule has 0 amide bonds. The molecule has 0 atom stereocenters. The minimum absolute atomic E-state index is 0.702. The molecule has 0 aliphatic heterocycles. The van der Waals surface area contributed by atoms with Crippen molar-refractivity contribution in [1.82, 2.24) is 15.0 Å². The van der Waals surface area contributed by atoms with Gasteiger partial charge in [0.1, 0.15) is 0 Å². The first-order chi connectivity index (χ1) is 23.8. The van der Waals surface area contributed by atoms with Crippen LogP contribution in [0.5, 0.6) is 0 Å². The Morgan fingerprint density at radius 3 is 1.77 bits per heavy atom. The van der Waals surface area contributed by atoms with E-state index in [-0.39, 0.29) is 0 Å². The highest BCUT2D eigenvalue weighted by molar-refractivity contribution is 6.20. The number of nitrogens with zero attached hydrogens (tertiary/aromatic N) is 3. The highest BCUT2D eigenvalue weighted by Gasteiger charge is 2.15. The van der Waals surface area contributed by atoms with Crippen LogP contribution in [-0.4, -0.2) is 15.0 Å². The quantitative estimate of drug-likeness (QED) is 0.144. The van der Waals surface area contributed by atoms with Gasteiger partial charge in [0.2, 0.25) is 0 Å². The van der Waals surface area contributed by atoms with Crippen LogP contribution in [0.1, 0.15) is 0 Å². The van der Waals surface area contributed by atoms with Gasteiger partial charge < -0.3 is 0 Å². The van der Waals surface area contributed by atoms with Crippen LogP contribution < -0.4 is 0 Å². The fourth-order valence-corrected chi connectivity index (χ4v) is 6.80. The van der Waals surface area contributed by atoms with Crippen LogP contribution in [0.25, 0.3) is 88.5 Å². The van der Waals surface area contributed by atoms with Gasteiger partial charge in [-0.05, 0) is 84.9 Å². The summed E-state index contributed by atoms with van der Waals surface area (Å²) in [5, 5.41) is 7.54. The molecule has 0 aliphatic rings. The maximum Gasteiger partial charge on any atom is 0.160 e. The summed E-state index contributed by atoms with van der Waals surface area (Å²) in [5.74, 6) is 0.702. The summed E-state index contributed by atoms with van der Waals surface area (Å²) < 4.78 is 0. The molecule has 0 saturated carbocycles. The Hall–Kier alpha value is -6.45. The fourth-order valence-electron chi connectivity index (χ4n) is 6.80. The average molecular weight is 612 g/mol. The van der Waals surface area contributed by atoms with E-state index in [1.54, 1.807) is 0 Å². The molecule has 3 heteroatoms. The Bertz CT molecular complexity index is 2590. The first-order valence-electron chi connectivity index (χ1n) is 16.2. The summed E-state index contributed by atoms with van der Waals surface area (Å²) >= 11 is 0. The van der Waals surface area contributed by atoms with Gasteiger partial charge in [0.25, 0.3) is 0 Å². The second kappa shape index (κ2) is 11.7. The first kappa shape index (κ1) is 27.8. The van der Waals surface area contributed by atoms with Crippen molar-refractivity contribution in [2.75, 3.05) is 0 Å². The lowest BCUT2D eigenvalue weighted by Gasteiger charge is -2.15. The molecule has 48 heavy (non-hydrogen) atoms. The van der Waals surface area contributed by atoms with Crippen LogP contribution in [0.3, 0.4) is 0 Å². The minimum atomic E-state index is 0.702. The predicted octanol–water partition coefficient (Wildman–Crippen LogP) is 11.7. The minimum Gasteiger partial charge on any atom is -0.265 e. The second-order valence-electron chi connectivity index (χ2n) is 12.1. The first-order valence-corrected chi connectivity index (χ1v) is 16.2. The molecule has 9 aromatic rings. The molecule has 0 spiro atoms. The zero-order valence-corrected chi connectivity index (χ0v) is 26.1. The SMILES string of the molecule is c1ccc(-c2nc(-c3ccc(-c4c5ccccc5cc5c4ccc4ccccc45)cc3)cc(-c3cccc(-c4ccncc4)c3)n2)cc1. The molecule has 2 aromatic heterocycles. The number of hydrogen-bond acceptors (Lipinski definition) is 3. The van der Waals surface area contributed by atoms with Gasteiger partial charge in [0.05, 0.1) is 11.4 Å². The van der Waals surface area contributed by atoms with E-state index in [0.717, 1.165) is 39.2 Å². The number of benzene rings is 7. The molecule has 0 fully saturated rings. The van der Waals surface area contributed by atoms with Crippen molar-refractivity contribution >= 4 is 32.3 Å². The zero-order chi connectivity index (χ0) is 31.9. The molecule has 0 unspecified atom stereocenters. The van der Waals surface area contributed by atoms with E-state index in [1.165, 1.54) is 43.4 Å². The van der Waals surface area contributed by atoms with Gasteiger partial charge in [0, 0.05) is 29.1 Å². The van der Waals surface area contributed by atoms with Crippen LogP contribution in [-0.2, 0) is 0 Å². The molecule has 3 nitrogen and oxygen atoms in total. The summed E-state index contributed by atoms with van der Waals surface area (Å²) in [4.78, 5) is 14.4. The summed E-state index contributed by atoms with van der Waals surface area (Å²) in [6.45, 7) is 0. The highest BCUT2D eigenvalue weighted by Crippen LogP contribution is 2.40. The van der Waals surface area contributed by atoms with E-state index in [9.17, 15) is 0 Å². The normalized spacial score (nSPS) is 11.3. The second-order valence-corrected chi connectivity index (χ2v) is 12.1. The number of aromatic nitrogens is 3. The van der Waals surface area contributed by atoms with Gasteiger partial charge in [-0.25, -0.2) is 9.97 Å². The summed E-state index contributed by atoms with van der Waals surface area (Å²) in [6.07, 6.45) is 3.65. The van der Waals surface area contributed by atoms with E-state index in [0.29, 0.717) is 5.82 Å². The van der Waals surface area contributed by atoms with Crippen LogP contribution in [0.4, 0.5) is 0 Å². The van der Waals surface area contributed by atoms with Gasteiger partial charge >= 0.3 is 0 Å². The zero-order valence-electron chi connectivity index (χ0n) is 26.1. The van der Waals surface area contributed by atoms with Crippen molar-refractivity contribution in [2.45, 2.75) is 0 Å². The van der Waals surface area contributed by atoms with Crippen LogP contribution in [0.2, 0.25) is 0 Å². The molecule has 7 aromatic carbocycles. The molecule has 0 bridgehead atoms. The molecule has 0 aliphatic carbocycles. The van der Waals surface area contributed by atoms with E-state index in [4.69, 9.17) is 9.97 Å². The number of rotatable bonds is 5. The molecule has 0 radical (unpaired) electrons. The van der Waals surface area contributed by atoms with Crippen molar-refractivity contribution in [3.8, 4) is 56.2 Å². The van der Waals surface area contributed by atoms with Crippen molar-refractivity contribution in [1.29, 1.82) is 0 Å². The van der Waals surface area contributed by atoms with E-state index in [1.807, 2.05) is 42.7 Å². The molecule has 9 rings (SSSR count). The van der Waals surface area contributed by atoms with E-state index in [2.05, 4.69) is 138 Å². The topological polar surface area (TPSA) is 38.7 Å². The average Bonchev–Trinajstić information content (AvgIpc) is 3.17. The lowest BCUT2D eigenvalue weighted by Crippen LogP contribution is -1.96. The third-order valence-corrected chi connectivity index (χ3v) is 9.17. The van der Waals surface area contributed by atoms with Gasteiger partial charge in [-0.15, -0.1) is 0 Å². The molecule has 0 N–H and O–H groups in total. The standard InChI is InChI=1S/C45H29N3/c1-2-10-34(11-3-1)45-47-42(29-43(48-45)37-14-8-13-35(27-37)30-23-25-46-26-24-30)32-17-19-33(20-18-32)44-39-16-7-5-12-36(39)28-41-38-15-6-4-9-31(38)21-22-40(41)44/h1-29H. The van der Waals surface area contributed by atoms with Gasteiger partial charge in [-0.2, -0.15) is 0 Å². The molecular weight excluding hydrogens is 583 g/mol. The third-order valence-electron chi connectivity index (χ3n) is 9.17. The van der Waals surface area contributed by atoms with Gasteiger partial charge in [-0.3, -0.25) is 4.98 Å². The molecule has 224 valence electrons. The summed E-state index contributed by atoms with van der Waals surface area (Å²) in [5.41, 5.74) is 9.50. The lowest BCUT2D eigenvalue weighted by atomic mass is 9.89. The maximum absolute atomic E-state index is 5.10. The summed E-state index contributed by atoms with van der Waals surface area (Å²) in [6, 6.07) is 57.9. The van der Waals surface area contributed by atoms with E-state index < -0.39 is 0 Å².